The number of nitrogens with one attached hydrogen (secondary N) is 1. The summed E-state index contributed by atoms with van der Waals surface area (Å²) in [5.74, 6) is 1.54. The number of hydrogen-bond donors (Lipinski definition) is 1. The first-order valence-corrected chi connectivity index (χ1v) is 7.83. The molecule has 0 aliphatic carbocycles. The summed E-state index contributed by atoms with van der Waals surface area (Å²) in [6.07, 6.45) is 3.52. The normalized spacial score (nSPS) is 10.8. The maximum atomic E-state index is 10.8. The van der Waals surface area contributed by atoms with Crippen LogP contribution in [0.15, 0.2) is 72.3 Å². The summed E-state index contributed by atoms with van der Waals surface area (Å²) < 4.78 is 2.02. The molecule has 0 amide bonds. The Morgan fingerprint density at radius 1 is 1.00 bits per heavy atom. The summed E-state index contributed by atoms with van der Waals surface area (Å²) in [5, 5.41) is 7.15. The lowest BCUT2D eigenvalue weighted by Crippen LogP contribution is -1.99. The molecular formula is C19H15N5O. The zero-order chi connectivity index (χ0) is 17.2. The molecule has 25 heavy (non-hydrogen) atoms. The number of hydrogen-bond acceptors (Lipinski definition) is 5. The lowest BCUT2D eigenvalue weighted by Gasteiger charge is -2.08. The smallest absolute Gasteiger partial charge is 0.142 e. The lowest BCUT2D eigenvalue weighted by atomic mass is 10.0. The molecule has 4 rings (SSSR count). The van der Waals surface area contributed by atoms with E-state index in [4.69, 9.17) is 0 Å². The summed E-state index contributed by atoms with van der Waals surface area (Å²) in [6.45, 7) is 0. The van der Waals surface area contributed by atoms with Crippen molar-refractivity contribution in [2.45, 2.75) is 0 Å². The summed E-state index contributed by atoms with van der Waals surface area (Å²) in [7, 11) is 1.83. The van der Waals surface area contributed by atoms with Gasteiger partial charge in [0.2, 0.25) is 0 Å². The van der Waals surface area contributed by atoms with Gasteiger partial charge in [-0.15, -0.1) is 4.91 Å². The molecule has 0 saturated heterocycles. The predicted octanol–water partition coefficient (Wildman–Crippen LogP) is 4.53. The van der Waals surface area contributed by atoms with Crippen LogP contribution in [-0.2, 0) is 0 Å². The number of fused-ring (bicyclic) bond motifs is 1. The summed E-state index contributed by atoms with van der Waals surface area (Å²) >= 11 is 0. The van der Waals surface area contributed by atoms with Gasteiger partial charge < -0.3 is 9.88 Å². The molecule has 0 saturated carbocycles. The van der Waals surface area contributed by atoms with E-state index >= 15 is 0 Å². The van der Waals surface area contributed by atoms with Crippen LogP contribution in [0.2, 0.25) is 0 Å². The minimum Gasteiger partial charge on any atom is -0.373 e. The van der Waals surface area contributed by atoms with Crippen molar-refractivity contribution in [3.8, 4) is 16.9 Å². The van der Waals surface area contributed by atoms with E-state index in [9.17, 15) is 4.91 Å². The third kappa shape index (κ3) is 2.74. The van der Waals surface area contributed by atoms with E-state index in [0.29, 0.717) is 5.69 Å². The van der Waals surface area contributed by atoms with E-state index in [1.54, 1.807) is 12.1 Å². The van der Waals surface area contributed by atoms with Crippen molar-refractivity contribution in [3.63, 3.8) is 0 Å². The molecule has 0 aliphatic rings. The van der Waals surface area contributed by atoms with E-state index in [1.807, 2.05) is 48.1 Å². The standard InChI is InChI=1S/C19H15N5O/c1-20-18-11-19(22-12-21-18)24-8-7-13-5-6-15(10-17(13)24)14-3-2-4-16(9-14)23-25/h2-12H,1H3,(H,20,21,22). The Morgan fingerprint density at radius 2 is 1.88 bits per heavy atom. The minimum absolute atomic E-state index is 0.419. The molecule has 0 radical (unpaired) electrons. The van der Waals surface area contributed by atoms with E-state index in [1.165, 1.54) is 6.33 Å². The highest BCUT2D eigenvalue weighted by Crippen LogP contribution is 2.29. The van der Waals surface area contributed by atoms with Crippen LogP contribution in [0.1, 0.15) is 0 Å². The monoisotopic (exact) mass is 329 g/mol. The van der Waals surface area contributed by atoms with Gasteiger partial charge in [-0.2, -0.15) is 0 Å². The average Bonchev–Trinajstić information content (AvgIpc) is 3.11. The van der Waals surface area contributed by atoms with Crippen LogP contribution in [0.5, 0.6) is 0 Å². The molecule has 0 unspecified atom stereocenters. The van der Waals surface area contributed by atoms with Gasteiger partial charge in [0.25, 0.3) is 0 Å². The third-order valence-corrected chi connectivity index (χ3v) is 4.13. The van der Waals surface area contributed by atoms with Crippen LogP contribution in [0.3, 0.4) is 0 Å². The van der Waals surface area contributed by atoms with Crippen LogP contribution < -0.4 is 5.32 Å². The number of nitroso groups, excluding NO2 is 1. The second-order valence-electron chi connectivity index (χ2n) is 5.61. The first kappa shape index (κ1) is 15.0. The van der Waals surface area contributed by atoms with E-state index in [2.05, 4.69) is 32.6 Å². The first-order valence-electron chi connectivity index (χ1n) is 7.83. The fourth-order valence-electron chi connectivity index (χ4n) is 2.87. The van der Waals surface area contributed by atoms with Crippen molar-refractivity contribution in [2.75, 3.05) is 12.4 Å². The van der Waals surface area contributed by atoms with E-state index in [-0.39, 0.29) is 0 Å². The maximum absolute atomic E-state index is 10.8. The Balaban J connectivity index is 1.86. The molecule has 0 atom stereocenters. The molecule has 4 aromatic rings. The Labute approximate surface area is 144 Å². The number of nitrogens with zero attached hydrogens (tertiary/aromatic N) is 4. The third-order valence-electron chi connectivity index (χ3n) is 4.13. The van der Waals surface area contributed by atoms with Crippen LogP contribution in [0.25, 0.3) is 27.8 Å². The van der Waals surface area contributed by atoms with Gasteiger partial charge in [0.1, 0.15) is 23.7 Å². The van der Waals surface area contributed by atoms with Gasteiger partial charge in [0, 0.05) is 24.7 Å². The van der Waals surface area contributed by atoms with Crippen molar-refractivity contribution >= 4 is 22.4 Å². The SMILES string of the molecule is CNc1cc(-n2ccc3ccc(-c4cccc(N=O)c4)cc32)ncn1. The number of anilines is 1. The van der Waals surface area contributed by atoms with Crippen molar-refractivity contribution in [1.29, 1.82) is 0 Å². The molecular weight excluding hydrogens is 314 g/mol. The Bertz CT molecular complexity index is 1070. The average molecular weight is 329 g/mol. The van der Waals surface area contributed by atoms with Gasteiger partial charge in [-0.1, -0.05) is 24.3 Å². The number of rotatable bonds is 4. The summed E-state index contributed by atoms with van der Waals surface area (Å²) in [6, 6.07) is 17.4. The second kappa shape index (κ2) is 6.16. The zero-order valence-electron chi connectivity index (χ0n) is 13.5. The van der Waals surface area contributed by atoms with Gasteiger partial charge in [-0.05, 0) is 40.6 Å². The van der Waals surface area contributed by atoms with Gasteiger partial charge in [0.05, 0.1) is 5.52 Å². The minimum atomic E-state index is 0.419. The second-order valence-corrected chi connectivity index (χ2v) is 5.61. The largest absolute Gasteiger partial charge is 0.373 e. The van der Waals surface area contributed by atoms with E-state index < -0.39 is 0 Å². The topological polar surface area (TPSA) is 72.2 Å². The number of benzene rings is 2. The van der Waals surface area contributed by atoms with Gasteiger partial charge in [-0.25, -0.2) is 9.97 Å². The van der Waals surface area contributed by atoms with Gasteiger partial charge in [-0.3, -0.25) is 0 Å². The molecule has 122 valence electrons. The van der Waals surface area contributed by atoms with Crippen molar-refractivity contribution < 1.29 is 0 Å². The highest BCUT2D eigenvalue weighted by molar-refractivity contribution is 5.87. The Morgan fingerprint density at radius 3 is 2.72 bits per heavy atom. The fraction of sp³-hybridized carbons (Fsp3) is 0.0526. The predicted molar refractivity (Wildman–Crippen MR) is 99.3 cm³/mol. The Hall–Kier alpha value is -3.54. The molecule has 2 aromatic carbocycles. The van der Waals surface area contributed by atoms with Crippen LogP contribution in [0, 0.1) is 4.91 Å². The molecule has 2 heterocycles. The molecule has 0 aliphatic heterocycles. The maximum Gasteiger partial charge on any atom is 0.142 e. The van der Waals surface area contributed by atoms with Crippen molar-refractivity contribution in [2.24, 2.45) is 5.18 Å². The van der Waals surface area contributed by atoms with Gasteiger partial charge in [0.15, 0.2) is 0 Å². The quantitative estimate of drug-likeness (QED) is 0.558. The molecule has 2 aromatic heterocycles. The first-order chi connectivity index (χ1) is 12.3. The van der Waals surface area contributed by atoms with Gasteiger partial charge >= 0.3 is 0 Å². The van der Waals surface area contributed by atoms with E-state index in [0.717, 1.165) is 33.7 Å². The fourth-order valence-corrected chi connectivity index (χ4v) is 2.87. The Kier molecular flexibility index (Phi) is 3.70. The van der Waals surface area contributed by atoms with Crippen LogP contribution in [0.4, 0.5) is 11.5 Å². The van der Waals surface area contributed by atoms with Crippen molar-refractivity contribution in [1.82, 2.24) is 14.5 Å². The lowest BCUT2D eigenvalue weighted by molar-refractivity contribution is 1.01. The highest BCUT2D eigenvalue weighted by Gasteiger charge is 2.08. The van der Waals surface area contributed by atoms with Crippen molar-refractivity contribution in [3.05, 3.63) is 72.0 Å². The zero-order valence-corrected chi connectivity index (χ0v) is 13.5. The molecule has 1 N–H and O–H groups in total. The summed E-state index contributed by atoms with van der Waals surface area (Å²) in [4.78, 5) is 19.3. The highest BCUT2D eigenvalue weighted by atomic mass is 16.3. The molecule has 0 bridgehead atoms. The molecule has 6 heteroatoms. The molecule has 6 nitrogen and oxygen atoms in total. The summed E-state index contributed by atoms with van der Waals surface area (Å²) in [5.41, 5.74) is 3.41. The number of aromatic nitrogens is 3. The van der Waals surface area contributed by atoms with Crippen LogP contribution >= 0.6 is 0 Å². The molecule has 0 spiro atoms. The van der Waals surface area contributed by atoms with Crippen LogP contribution in [-0.4, -0.2) is 21.6 Å². The molecule has 0 fully saturated rings.